The summed E-state index contributed by atoms with van der Waals surface area (Å²) in [6.45, 7) is 10.7. The molecule has 0 spiro atoms. The highest BCUT2D eigenvalue weighted by molar-refractivity contribution is 5.17. The highest BCUT2D eigenvalue weighted by atomic mass is 15.3. The van der Waals surface area contributed by atoms with Crippen molar-refractivity contribution in [2.45, 2.75) is 38.9 Å². The van der Waals surface area contributed by atoms with Gasteiger partial charge in [-0.05, 0) is 44.5 Å². The monoisotopic (exact) mass is 325 g/mol. The van der Waals surface area contributed by atoms with Crippen LogP contribution in [-0.4, -0.2) is 39.3 Å². The lowest BCUT2D eigenvalue weighted by atomic mass is 10.1. The third-order valence-electron chi connectivity index (χ3n) is 4.67. The lowest BCUT2D eigenvalue weighted by molar-refractivity contribution is 0.238. The molecule has 5 heteroatoms. The normalized spacial score (nSPS) is 16.4. The van der Waals surface area contributed by atoms with Gasteiger partial charge in [-0.3, -0.25) is 14.6 Å². The first-order valence-electron chi connectivity index (χ1n) is 8.76. The van der Waals surface area contributed by atoms with E-state index in [1.165, 1.54) is 37.1 Å². The average Bonchev–Trinajstić information content (AvgIpc) is 3.23. The van der Waals surface area contributed by atoms with E-state index in [1.54, 1.807) is 0 Å². The van der Waals surface area contributed by atoms with Crippen molar-refractivity contribution in [2.75, 3.05) is 19.6 Å². The van der Waals surface area contributed by atoms with E-state index in [9.17, 15) is 0 Å². The molecular weight excluding hydrogens is 298 g/mol. The molecule has 1 aliphatic rings. The zero-order valence-corrected chi connectivity index (χ0v) is 14.5. The van der Waals surface area contributed by atoms with Gasteiger partial charge in [-0.2, -0.15) is 5.10 Å². The fraction of sp³-hybridized carbons (Fsp3) is 0.474. The van der Waals surface area contributed by atoms with Gasteiger partial charge in [0.2, 0.25) is 0 Å². The zero-order valence-electron chi connectivity index (χ0n) is 14.5. The van der Waals surface area contributed by atoms with Crippen LogP contribution in [-0.2, 0) is 13.1 Å². The fourth-order valence-corrected chi connectivity index (χ4v) is 3.39. The molecule has 5 nitrogen and oxygen atoms in total. The summed E-state index contributed by atoms with van der Waals surface area (Å²) in [4.78, 5) is 6.87. The molecule has 0 unspecified atom stereocenters. The number of hydrogen-bond donors (Lipinski definition) is 1. The van der Waals surface area contributed by atoms with Crippen molar-refractivity contribution >= 4 is 0 Å². The number of likely N-dealkylation sites (tertiary alicyclic amines) is 1. The van der Waals surface area contributed by atoms with Crippen molar-refractivity contribution < 1.29 is 0 Å². The van der Waals surface area contributed by atoms with Gasteiger partial charge in [0.05, 0.1) is 12.2 Å². The van der Waals surface area contributed by atoms with Gasteiger partial charge in [-0.1, -0.05) is 12.1 Å². The van der Waals surface area contributed by atoms with Gasteiger partial charge in [0, 0.05) is 43.3 Å². The first-order valence-corrected chi connectivity index (χ1v) is 8.76. The van der Waals surface area contributed by atoms with Gasteiger partial charge >= 0.3 is 0 Å². The van der Waals surface area contributed by atoms with Crippen molar-refractivity contribution in [1.82, 2.24) is 25.0 Å². The van der Waals surface area contributed by atoms with Crippen LogP contribution < -0.4 is 5.32 Å². The molecule has 2 aromatic rings. The number of rotatable bonds is 8. The minimum absolute atomic E-state index is 0.393. The highest BCUT2D eigenvalue weighted by Crippen LogP contribution is 2.24. The number of aromatic nitrogens is 3. The Labute approximate surface area is 144 Å². The van der Waals surface area contributed by atoms with Crippen LogP contribution in [0.1, 0.15) is 35.7 Å². The van der Waals surface area contributed by atoms with Gasteiger partial charge in [0.1, 0.15) is 0 Å². The van der Waals surface area contributed by atoms with Crippen LogP contribution in [0.4, 0.5) is 0 Å². The summed E-state index contributed by atoms with van der Waals surface area (Å²) in [5.41, 5.74) is 3.64. The molecule has 0 amide bonds. The zero-order chi connectivity index (χ0) is 16.8. The summed E-state index contributed by atoms with van der Waals surface area (Å²) in [5, 5.41) is 8.14. The lowest BCUT2D eigenvalue weighted by Crippen LogP contribution is -2.34. The molecule has 0 saturated carbocycles. The van der Waals surface area contributed by atoms with Gasteiger partial charge < -0.3 is 5.32 Å². The molecule has 2 aromatic heterocycles. The molecule has 1 saturated heterocycles. The predicted molar refractivity (Wildman–Crippen MR) is 96.7 cm³/mol. The van der Waals surface area contributed by atoms with E-state index in [4.69, 9.17) is 0 Å². The van der Waals surface area contributed by atoms with E-state index in [1.807, 2.05) is 29.2 Å². The smallest absolute Gasteiger partial charge is 0.0638 e. The number of allylic oxidation sites excluding steroid dienone is 1. The Morgan fingerprint density at radius 1 is 1.38 bits per heavy atom. The largest absolute Gasteiger partial charge is 0.311 e. The molecule has 1 atom stereocenters. The molecule has 0 aliphatic carbocycles. The van der Waals surface area contributed by atoms with Crippen LogP contribution in [0.2, 0.25) is 0 Å². The summed E-state index contributed by atoms with van der Waals surface area (Å²) < 4.78 is 1.94. The Hall–Kier alpha value is -1.98. The number of nitrogens with zero attached hydrogens (tertiary/aromatic N) is 4. The molecule has 1 N–H and O–H groups in total. The van der Waals surface area contributed by atoms with Crippen LogP contribution in [0.3, 0.4) is 0 Å². The molecule has 0 radical (unpaired) electrons. The quantitative estimate of drug-likeness (QED) is 0.758. The Balaban J connectivity index is 1.62. The van der Waals surface area contributed by atoms with E-state index < -0.39 is 0 Å². The third kappa shape index (κ3) is 4.10. The lowest BCUT2D eigenvalue weighted by Gasteiger charge is -2.28. The molecule has 24 heavy (non-hydrogen) atoms. The first kappa shape index (κ1) is 16.9. The maximum atomic E-state index is 4.52. The molecule has 1 aliphatic heterocycles. The Morgan fingerprint density at radius 3 is 2.92 bits per heavy atom. The second-order valence-corrected chi connectivity index (χ2v) is 6.43. The number of nitrogens with one attached hydrogen (secondary N) is 1. The van der Waals surface area contributed by atoms with Gasteiger partial charge in [-0.15, -0.1) is 6.58 Å². The minimum atomic E-state index is 0.393. The molecule has 0 bridgehead atoms. The van der Waals surface area contributed by atoms with Crippen LogP contribution in [0.5, 0.6) is 0 Å². The van der Waals surface area contributed by atoms with Crippen molar-refractivity contribution in [3.8, 4) is 0 Å². The van der Waals surface area contributed by atoms with Crippen molar-refractivity contribution in [2.24, 2.45) is 0 Å². The topological polar surface area (TPSA) is 46.0 Å². The maximum absolute atomic E-state index is 4.52. The first-order chi connectivity index (χ1) is 11.8. The van der Waals surface area contributed by atoms with E-state index in [0.717, 1.165) is 25.3 Å². The molecule has 0 aromatic carbocycles. The summed E-state index contributed by atoms with van der Waals surface area (Å²) in [6, 6.07) is 4.61. The van der Waals surface area contributed by atoms with Crippen LogP contribution >= 0.6 is 0 Å². The minimum Gasteiger partial charge on any atom is -0.311 e. The summed E-state index contributed by atoms with van der Waals surface area (Å²) in [7, 11) is 0. The van der Waals surface area contributed by atoms with E-state index in [2.05, 4.69) is 46.1 Å². The summed E-state index contributed by atoms with van der Waals surface area (Å²) in [6.07, 6.45) is 10.4. The predicted octanol–water partition coefficient (Wildman–Crippen LogP) is 2.70. The van der Waals surface area contributed by atoms with E-state index in [-0.39, 0.29) is 0 Å². The second kappa shape index (κ2) is 8.22. The SMILES string of the molecule is C=CCn1cc(CNC[C@H](c2cccnc2)N2CCCC2)c(C)n1. The summed E-state index contributed by atoms with van der Waals surface area (Å²) >= 11 is 0. The van der Waals surface area contributed by atoms with Crippen LogP contribution in [0.25, 0.3) is 0 Å². The Kier molecular flexibility index (Phi) is 5.77. The average molecular weight is 325 g/mol. The van der Waals surface area contributed by atoms with Gasteiger partial charge in [0.15, 0.2) is 0 Å². The van der Waals surface area contributed by atoms with Crippen molar-refractivity contribution in [3.63, 3.8) is 0 Å². The van der Waals surface area contributed by atoms with Crippen molar-refractivity contribution in [1.29, 1.82) is 0 Å². The summed E-state index contributed by atoms with van der Waals surface area (Å²) in [5.74, 6) is 0. The molecule has 3 rings (SSSR count). The number of pyridine rings is 1. The fourth-order valence-electron chi connectivity index (χ4n) is 3.39. The Bertz CT molecular complexity index is 643. The molecular formula is C19H27N5. The van der Waals surface area contributed by atoms with Crippen LogP contribution in [0, 0.1) is 6.92 Å². The van der Waals surface area contributed by atoms with Crippen molar-refractivity contribution in [3.05, 3.63) is 60.2 Å². The van der Waals surface area contributed by atoms with E-state index in [0.29, 0.717) is 6.04 Å². The maximum Gasteiger partial charge on any atom is 0.0638 e. The second-order valence-electron chi connectivity index (χ2n) is 6.43. The highest BCUT2D eigenvalue weighted by Gasteiger charge is 2.23. The van der Waals surface area contributed by atoms with Gasteiger partial charge in [0.25, 0.3) is 0 Å². The van der Waals surface area contributed by atoms with Crippen LogP contribution in [0.15, 0.2) is 43.4 Å². The molecule has 3 heterocycles. The number of hydrogen-bond acceptors (Lipinski definition) is 4. The van der Waals surface area contributed by atoms with Gasteiger partial charge in [-0.25, -0.2) is 0 Å². The third-order valence-corrected chi connectivity index (χ3v) is 4.67. The van der Waals surface area contributed by atoms with E-state index >= 15 is 0 Å². The number of aryl methyl sites for hydroxylation is 1. The standard InChI is InChI=1S/C19H27N5/c1-3-9-24-15-18(16(2)22-24)13-21-14-19(23-10-4-5-11-23)17-7-6-8-20-12-17/h3,6-8,12,15,19,21H,1,4-5,9-11,13-14H2,2H3/t19-/m1/s1. The Morgan fingerprint density at radius 2 is 2.21 bits per heavy atom. The molecule has 1 fully saturated rings. The molecule has 128 valence electrons.